The predicted octanol–water partition coefficient (Wildman–Crippen LogP) is 3.24. The number of fused-ring (bicyclic) bond motifs is 3. The number of hydrogen-bond acceptors (Lipinski definition) is 11. The van der Waals surface area contributed by atoms with Crippen LogP contribution in [0.3, 0.4) is 0 Å². The highest BCUT2D eigenvalue weighted by Gasteiger charge is 2.48. The van der Waals surface area contributed by atoms with Gasteiger partial charge in [0.05, 0.1) is 47.7 Å². The average molecular weight is 785 g/mol. The third-order valence-corrected chi connectivity index (χ3v) is 10.9. The molecule has 4 aliphatic rings. The van der Waals surface area contributed by atoms with Crippen LogP contribution in [0.15, 0.2) is 61.2 Å². The number of piperidine rings is 2. The smallest absolute Gasteiger partial charge is 0.272 e. The van der Waals surface area contributed by atoms with Crippen molar-refractivity contribution in [2.24, 2.45) is 0 Å². The number of nitrogens with zero attached hydrogens (tertiary/aromatic N) is 8. The highest BCUT2D eigenvalue weighted by molar-refractivity contribution is 6.23. The number of hydrogen-bond donors (Lipinski definition) is 2. The quantitative estimate of drug-likeness (QED) is 0.199. The van der Waals surface area contributed by atoms with E-state index in [0.29, 0.717) is 48.2 Å². The zero-order valence-corrected chi connectivity index (χ0v) is 30.2. The van der Waals surface area contributed by atoms with Crippen molar-refractivity contribution in [3.63, 3.8) is 0 Å². The monoisotopic (exact) mass is 784 g/mol. The summed E-state index contributed by atoms with van der Waals surface area (Å²) in [5, 5.41) is 14.4. The molecule has 0 bridgehead atoms. The molecule has 294 valence electrons. The standard InChI is InChI=1S/C38H35F3N10O6/c39-31(40)17-57-30-14-27-21(12-28(30)44-34(53)26-15-43-49-9-1-8-42-33(26)49)16-50(46-27)22-6-10-47(11-7-22)18-38(41)19-48(20-38)23-2-3-24-25(13-23)37(56)51(36(24)55)29-4-5-32(52)45-35(29)54/h1-3,8-9,12-16,22,29,31H,4-7,10-11,17-20H2,(H,44,53)(H,45,52,54). The number of likely N-dealkylation sites (tertiary alicyclic amines) is 1. The number of anilines is 2. The van der Waals surface area contributed by atoms with Crippen LogP contribution < -0.4 is 20.3 Å². The fourth-order valence-corrected chi connectivity index (χ4v) is 8.12. The van der Waals surface area contributed by atoms with E-state index in [4.69, 9.17) is 9.84 Å². The topological polar surface area (TPSA) is 176 Å². The van der Waals surface area contributed by atoms with Crippen LogP contribution in [0.4, 0.5) is 24.5 Å². The number of carbonyl (C=O) groups excluding carboxylic acids is 5. The van der Waals surface area contributed by atoms with Gasteiger partial charge in [0.1, 0.15) is 24.0 Å². The molecular formula is C38H35F3N10O6. The number of carbonyl (C=O) groups is 5. The molecule has 19 heteroatoms. The molecule has 3 saturated heterocycles. The number of halogens is 3. The van der Waals surface area contributed by atoms with E-state index in [1.807, 2.05) is 10.9 Å². The first-order valence-electron chi connectivity index (χ1n) is 18.5. The lowest BCUT2D eigenvalue weighted by Crippen LogP contribution is -2.64. The van der Waals surface area contributed by atoms with Gasteiger partial charge in [0.25, 0.3) is 24.1 Å². The summed E-state index contributed by atoms with van der Waals surface area (Å²) in [7, 11) is 0. The van der Waals surface area contributed by atoms with Crippen molar-refractivity contribution in [3.8, 4) is 5.75 Å². The molecule has 7 heterocycles. The molecule has 16 nitrogen and oxygen atoms in total. The summed E-state index contributed by atoms with van der Waals surface area (Å²) in [5.74, 6) is -2.84. The lowest BCUT2D eigenvalue weighted by molar-refractivity contribution is -0.136. The number of imide groups is 2. The average Bonchev–Trinajstić information content (AvgIpc) is 3.87. The molecule has 0 aliphatic carbocycles. The second kappa shape index (κ2) is 14.0. The van der Waals surface area contributed by atoms with Crippen LogP contribution in [0.25, 0.3) is 16.6 Å². The molecule has 0 saturated carbocycles. The lowest BCUT2D eigenvalue weighted by atomic mass is 9.92. The summed E-state index contributed by atoms with van der Waals surface area (Å²) in [6.45, 7) is 0.736. The minimum absolute atomic E-state index is 0.0122. The van der Waals surface area contributed by atoms with Crippen LogP contribution in [0, 0.1) is 0 Å². The molecule has 5 amide bonds. The van der Waals surface area contributed by atoms with Crippen LogP contribution in [-0.4, -0.2) is 121 Å². The van der Waals surface area contributed by atoms with Crippen molar-refractivity contribution < 1.29 is 41.9 Å². The molecule has 2 aromatic carbocycles. The Balaban J connectivity index is 0.825. The molecule has 3 fully saturated rings. The Morgan fingerprint density at radius 3 is 2.60 bits per heavy atom. The van der Waals surface area contributed by atoms with E-state index in [1.54, 1.807) is 35.4 Å². The van der Waals surface area contributed by atoms with E-state index in [2.05, 4.69) is 25.6 Å². The van der Waals surface area contributed by atoms with Crippen LogP contribution in [0.1, 0.15) is 62.8 Å². The maximum absolute atomic E-state index is 16.0. The molecule has 0 spiro atoms. The highest BCUT2D eigenvalue weighted by atomic mass is 19.3. The van der Waals surface area contributed by atoms with Gasteiger partial charge in [-0.1, -0.05) is 0 Å². The summed E-state index contributed by atoms with van der Waals surface area (Å²) in [4.78, 5) is 72.6. The molecular weight excluding hydrogens is 749 g/mol. The first kappa shape index (κ1) is 36.3. The number of nitrogens with one attached hydrogen (secondary N) is 2. The Hall–Kier alpha value is -6.37. The largest absolute Gasteiger partial charge is 0.485 e. The highest BCUT2D eigenvalue weighted by Crippen LogP contribution is 2.37. The second-order valence-corrected chi connectivity index (χ2v) is 14.8. The van der Waals surface area contributed by atoms with Gasteiger partial charge in [0.2, 0.25) is 11.8 Å². The van der Waals surface area contributed by atoms with Gasteiger partial charge in [-0.2, -0.15) is 10.2 Å². The van der Waals surface area contributed by atoms with Crippen molar-refractivity contribution in [1.82, 2.24) is 39.5 Å². The zero-order chi connectivity index (χ0) is 39.6. The molecule has 2 N–H and O–H groups in total. The van der Waals surface area contributed by atoms with Gasteiger partial charge in [0.15, 0.2) is 11.3 Å². The minimum Gasteiger partial charge on any atom is -0.485 e. The SMILES string of the molecule is O=C1CCC(N2C(=O)c3ccc(N4CC(F)(CN5CCC(n6cc7cc(NC(=O)c8cnn9cccnc89)c(OCC(F)F)cc7n6)CC5)C4)cc3C2=O)C(=O)N1. The molecule has 4 aliphatic heterocycles. The molecule has 1 unspecified atom stereocenters. The summed E-state index contributed by atoms with van der Waals surface area (Å²) in [6, 6.07) is 8.49. The molecule has 57 heavy (non-hydrogen) atoms. The van der Waals surface area contributed by atoms with Crippen molar-refractivity contribution in [1.29, 1.82) is 0 Å². The molecule has 3 aromatic heterocycles. The number of ether oxygens (including phenoxy) is 1. The van der Waals surface area contributed by atoms with Gasteiger partial charge in [-0.05, 0) is 49.6 Å². The van der Waals surface area contributed by atoms with Crippen molar-refractivity contribution >= 4 is 57.5 Å². The summed E-state index contributed by atoms with van der Waals surface area (Å²) >= 11 is 0. The van der Waals surface area contributed by atoms with E-state index in [0.717, 1.165) is 4.90 Å². The van der Waals surface area contributed by atoms with E-state index in [9.17, 15) is 32.8 Å². The summed E-state index contributed by atoms with van der Waals surface area (Å²) in [6.07, 6.45) is 5.08. The Morgan fingerprint density at radius 2 is 1.82 bits per heavy atom. The van der Waals surface area contributed by atoms with Crippen molar-refractivity contribution in [3.05, 3.63) is 77.9 Å². The van der Waals surface area contributed by atoms with Crippen LogP contribution >= 0.6 is 0 Å². The number of benzene rings is 2. The Morgan fingerprint density at radius 1 is 1.04 bits per heavy atom. The fourth-order valence-electron chi connectivity index (χ4n) is 8.12. The van der Waals surface area contributed by atoms with Gasteiger partial charge in [-0.3, -0.25) is 43.8 Å². The molecule has 0 radical (unpaired) electrons. The van der Waals surface area contributed by atoms with Gasteiger partial charge in [-0.25, -0.2) is 22.7 Å². The molecule has 1 atom stereocenters. The second-order valence-electron chi connectivity index (χ2n) is 14.8. The van der Waals surface area contributed by atoms with Crippen LogP contribution in [0.5, 0.6) is 5.75 Å². The maximum atomic E-state index is 16.0. The van der Waals surface area contributed by atoms with Gasteiger partial charge in [0, 0.05) is 61.8 Å². The van der Waals surface area contributed by atoms with Gasteiger partial charge in [-0.15, -0.1) is 0 Å². The first-order valence-corrected chi connectivity index (χ1v) is 18.5. The third kappa shape index (κ3) is 6.70. The normalized spacial score (nSPS) is 20.0. The van der Waals surface area contributed by atoms with E-state index < -0.39 is 54.3 Å². The number of aromatic nitrogens is 5. The third-order valence-electron chi connectivity index (χ3n) is 10.9. The zero-order valence-electron chi connectivity index (χ0n) is 30.2. The number of amides is 5. The molecule has 5 aromatic rings. The van der Waals surface area contributed by atoms with Gasteiger partial charge < -0.3 is 15.0 Å². The summed E-state index contributed by atoms with van der Waals surface area (Å²) < 4.78 is 51.0. The van der Waals surface area contributed by atoms with Gasteiger partial charge >= 0.3 is 0 Å². The van der Waals surface area contributed by atoms with E-state index in [-0.39, 0.29) is 66.6 Å². The lowest BCUT2D eigenvalue weighted by Gasteiger charge is -2.48. The van der Waals surface area contributed by atoms with Crippen LogP contribution in [-0.2, 0) is 9.59 Å². The maximum Gasteiger partial charge on any atom is 0.272 e. The first-order chi connectivity index (χ1) is 27.4. The number of alkyl halides is 3. The fraction of sp³-hybridized carbons (Fsp3) is 0.368. The minimum atomic E-state index is -2.74. The summed E-state index contributed by atoms with van der Waals surface area (Å²) in [5.41, 5.74) is 0.612. The van der Waals surface area contributed by atoms with E-state index in [1.165, 1.54) is 29.0 Å². The Labute approximate surface area is 321 Å². The molecule has 9 rings (SSSR count). The van der Waals surface area contributed by atoms with Crippen molar-refractivity contribution in [2.45, 2.75) is 49.9 Å². The van der Waals surface area contributed by atoms with Crippen LogP contribution in [0.2, 0.25) is 0 Å². The van der Waals surface area contributed by atoms with Crippen molar-refractivity contribution in [2.75, 3.05) is 49.5 Å². The number of rotatable bonds is 10. The Kier molecular flexibility index (Phi) is 8.90. The Bertz CT molecular complexity index is 2470. The predicted molar refractivity (Wildman–Crippen MR) is 196 cm³/mol. The van der Waals surface area contributed by atoms with E-state index >= 15 is 4.39 Å².